The van der Waals surface area contributed by atoms with Gasteiger partial charge in [-0.15, -0.1) is 0 Å². The number of nitrogens with zero attached hydrogens (tertiary/aromatic N) is 2. The van der Waals surface area contributed by atoms with E-state index >= 15 is 0 Å². The Bertz CT molecular complexity index is 731. The SMILES string of the molecule is CC1CCC(C)C1N1Oc2ccccc2C=[N+]1Cc1ccccc1. The Morgan fingerprint density at radius 1 is 0.958 bits per heavy atom. The summed E-state index contributed by atoms with van der Waals surface area (Å²) >= 11 is 0. The topological polar surface area (TPSA) is 15.5 Å². The van der Waals surface area contributed by atoms with Crippen molar-refractivity contribution in [3.63, 3.8) is 0 Å². The molecular formula is C21H25N2O+. The van der Waals surface area contributed by atoms with E-state index in [9.17, 15) is 0 Å². The highest BCUT2D eigenvalue weighted by Crippen LogP contribution is 2.36. The number of fused-ring (bicyclic) bond motifs is 1. The number of rotatable bonds is 3. The van der Waals surface area contributed by atoms with E-state index in [0.717, 1.165) is 17.9 Å². The van der Waals surface area contributed by atoms with Crippen LogP contribution in [-0.2, 0) is 6.54 Å². The van der Waals surface area contributed by atoms with Crippen LogP contribution in [0.15, 0.2) is 54.6 Å². The fourth-order valence-corrected chi connectivity index (χ4v) is 4.02. The Morgan fingerprint density at radius 3 is 2.38 bits per heavy atom. The lowest BCUT2D eigenvalue weighted by Crippen LogP contribution is -2.51. The zero-order valence-electron chi connectivity index (χ0n) is 14.4. The van der Waals surface area contributed by atoms with Gasteiger partial charge in [0.05, 0.1) is 5.56 Å². The maximum Gasteiger partial charge on any atom is 0.208 e. The van der Waals surface area contributed by atoms with E-state index in [1.54, 1.807) is 0 Å². The molecule has 0 saturated heterocycles. The average Bonchev–Trinajstić information content (AvgIpc) is 2.94. The van der Waals surface area contributed by atoms with Gasteiger partial charge in [-0.3, -0.25) is 0 Å². The van der Waals surface area contributed by atoms with Crippen molar-refractivity contribution < 1.29 is 9.52 Å². The smallest absolute Gasteiger partial charge is 0.208 e. The van der Waals surface area contributed by atoms with Gasteiger partial charge in [0.25, 0.3) is 0 Å². The van der Waals surface area contributed by atoms with Crippen molar-refractivity contribution in [1.29, 1.82) is 0 Å². The number of benzene rings is 2. The molecule has 1 heterocycles. The number of para-hydroxylation sites is 1. The lowest BCUT2D eigenvalue weighted by Gasteiger charge is -2.32. The number of hydroxylamine groups is 1. The van der Waals surface area contributed by atoms with E-state index < -0.39 is 0 Å². The third kappa shape index (κ3) is 2.79. The Kier molecular flexibility index (Phi) is 4.01. The van der Waals surface area contributed by atoms with Crippen LogP contribution in [0, 0.1) is 11.8 Å². The van der Waals surface area contributed by atoms with Crippen LogP contribution in [0.3, 0.4) is 0 Å². The Labute approximate surface area is 144 Å². The van der Waals surface area contributed by atoms with Crippen molar-refractivity contribution in [3.8, 4) is 5.75 Å². The van der Waals surface area contributed by atoms with E-state index in [1.165, 1.54) is 18.4 Å². The van der Waals surface area contributed by atoms with Gasteiger partial charge in [0.1, 0.15) is 6.04 Å². The maximum absolute atomic E-state index is 6.37. The van der Waals surface area contributed by atoms with Gasteiger partial charge in [-0.2, -0.15) is 0 Å². The molecule has 1 saturated carbocycles. The van der Waals surface area contributed by atoms with E-state index in [1.807, 2.05) is 6.07 Å². The molecule has 24 heavy (non-hydrogen) atoms. The van der Waals surface area contributed by atoms with Crippen molar-refractivity contribution in [2.75, 3.05) is 0 Å². The van der Waals surface area contributed by atoms with Crippen LogP contribution in [-0.4, -0.2) is 22.1 Å². The van der Waals surface area contributed by atoms with Gasteiger partial charge in [-0.05, 0) is 42.0 Å². The van der Waals surface area contributed by atoms with E-state index in [2.05, 4.69) is 78.4 Å². The summed E-state index contributed by atoms with van der Waals surface area (Å²) in [5, 5.41) is 2.14. The van der Waals surface area contributed by atoms with E-state index in [4.69, 9.17) is 4.84 Å². The monoisotopic (exact) mass is 321 g/mol. The molecule has 1 aliphatic heterocycles. The summed E-state index contributed by atoms with van der Waals surface area (Å²) in [4.78, 5) is 6.37. The van der Waals surface area contributed by atoms with Crippen LogP contribution in [0.1, 0.15) is 37.8 Å². The predicted octanol–water partition coefficient (Wildman–Crippen LogP) is 4.28. The molecule has 3 nitrogen and oxygen atoms in total. The molecule has 2 aromatic rings. The zero-order valence-corrected chi connectivity index (χ0v) is 14.4. The molecule has 1 aliphatic carbocycles. The van der Waals surface area contributed by atoms with Crippen LogP contribution in [0.5, 0.6) is 5.75 Å². The van der Waals surface area contributed by atoms with Gasteiger partial charge in [0.2, 0.25) is 12.8 Å². The largest absolute Gasteiger partial charge is 0.331 e. The van der Waals surface area contributed by atoms with Gasteiger partial charge in [-0.25, -0.2) is 0 Å². The lowest BCUT2D eigenvalue weighted by atomic mass is 10.0. The van der Waals surface area contributed by atoms with Gasteiger partial charge in [0.15, 0.2) is 5.75 Å². The molecule has 0 radical (unpaired) electrons. The molecule has 4 rings (SSSR count). The second-order valence-electron chi connectivity index (χ2n) is 7.17. The highest BCUT2D eigenvalue weighted by Gasteiger charge is 2.43. The first-order chi connectivity index (χ1) is 11.7. The van der Waals surface area contributed by atoms with Crippen molar-refractivity contribution in [1.82, 2.24) is 5.17 Å². The van der Waals surface area contributed by atoms with Gasteiger partial charge in [-0.1, -0.05) is 61.0 Å². The van der Waals surface area contributed by atoms with Crippen molar-refractivity contribution in [2.45, 2.75) is 39.3 Å². The first-order valence-corrected chi connectivity index (χ1v) is 8.94. The third-order valence-electron chi connectivity index (χ3n) is 5.34. The standard InChI is InChI=1S/C21H25N2O/c1-16-12-13-17(2)21(16)23-22(14-18-8-4-3-5-9-18)15-19-10-6-7-11-20(19)24-23/h3-11,15-17,21H,12-14H2,1-2H3/q+1. The molecule has 124 valence electrons. The summed E-state index contributed by atoms with van der Waals surface area (Å²) in [6.45, 7) is 5.52. The Hall–Kier alpha value is -2.29. The van der Waals surface area contributed by atoms with Gasteiger partial charge >= 0.3 is 0 Å². The molecule has 0 bridgehead atoms. The molecule has 0 amide bonds. The third-order valence-corrected chi connectivity index (χ3v) is 5.34. The van der Waals surface area contributed by atoms with Gasteiger partial charge < -0.3 is 4.84 Å². The molecule has 3 heteroatoms. The Balaban J connectivity index is 1.71. The number of hydrogen-bond donors (Lipinski definition) is 0. The second kappa shape index (κ2) is 6.31. The fourth-order valence-electron chi connectivity index (χ4n) is 4.02. The minimum absolute atomic E-state index is 0.415. The van der Waals surface area contributed by atoms with Crippen LogP contribution in [0.2, 0.25) is 0 Å². The summed E-state index contributed by atoms with van der Waals surface area (Å²) in [7, 11) is 0. The van der Waals surface area contributed by atoms with Crippen molar-refractivity contribution in [2.24, 2.45) is 11.8 Å². The fraction of sp³-hybridized carbons (Fsp3) is 0.381. The minimum atomic E-state index is 0.415. The Morgan fingerprint density at radius 2 is 1.62 bits per heavy atom. The zero-order chi connectivity index (χ0) is 16.5. The highest BCUT2D eigenvalue weighted by atomic mass is 16.7. The summed E-state index contributed by atoms with van der Waals surface area (Å²) in [5.41, 5.74) is 2.43. The minimum Gasteiger partial charge on any atom is -0.331 e. The summed E-state index contributed by atoms with van der Waals surface area (Å²) < 4.78 is 2.25. The first-order valence-electron chi connectivity index (χ1n) is 8.94. The van der Waals surface area contributed by atoms with Crippen LogP contribution in [0.25, 0.3) is 0 Å². The van der Waals surface area contributed by atoms with E-state index in [0.29, 0.717) is 17.9 Å². The number of hydrazine groups is 1. The quantitative estimate of drug-likeness (QED) is 0.784. The molecule has 0 N–H and O–H groups in total. The van der Waals surface area contributed by atoms with E-state index in [-0.39, 0.29) is 0 Å². The summed E-state index contributed by atoms with van der Waals surface area (Å²) in [6, 6.07) is 19.3. The normalized spacial score (nSPS) is 25.8. The van der Waals surface area contributed by atoms with Crippen LogP contribution in [0.4, 0.5) is 0 Å². The molecule has 2 atom stereocenters. The summed E-state index contributed by atoms with van der Waals surface area (Å²) in [6.07, 6.45) is 4.77. The molecular weight excluding hydrogens is 296 g/mol. The maximum atomic E-state index is 6.37. The second-order valence-corrected chi connectivity index (χ2v) is 7.17. The van der Waals surface area contributed by atoms with Crippen molar-refractivity contribution in [3.05, 3.63) is 65.7 Å². The van der Waals surface area contributed by atoms with Gasteiger partial charge in [0, 0.05) is 5.56 Å². The molecule has 1 fully saturated rings. The van der Waals surface area contributed by atoms with Crippen LogP contribution >= 0.6 is 0 Å². The predicted molar refractivity (Wildman–Crippen MR) is 95.8 cm³/mol. The molecule has 0 aromatic heterocycles. The first kappa shape index (κ1) is 15.3. The highest BCUT2D eigenvalue weighted by molar-refractivity contribution is 5.80. The lowest BCUT2D eigenvalue weighted by molar-refractivity contribution is -0.768. The molecule has 2 unspecified atom stereocenters. The van der Waals surface area contributed by atoms with Crippen molar-refractivity contribution >= 4 is 6.21 Å². The number of hydrazone groups is 1. The number of hydrogen-bond acceptors (Lipinski definition) is 2. The summed E-state index contributed by atoms with van der Waals surface area (Å²) in [5.74, 6) is 2.22. The van der Waals surface area contributed by atoms with Crippen LogP contribution < -0.4 is 4.84 Å². The molecule has 0 spiro atoms. The molecule has 2 aliphatic rings. The molecule has 2 aromatic carbocycles. The average molecular weight is 321 g/mol.